The lowest BCUT2D eigenvalue weighted by atomic mass is 10.2. The van der Waals surface area contributed by atoms with Crippen LogP contribution < -0.4 is 4.74 Å². The van der Waals surface area contributed by atoms with Gasteiger partial charge >= 0.3 is 6.16 Å². The van der Waals surface area contributed by atoms with E-state index < -0.39 is 11.1 Å². The number of benzene rings is 1. The van der Waals surface area contributed by atoms with Gasteiger partial charge in [0.05, 0.1) is 11.5 Å². The molecule has 1 aromatic rings. The number of carbonyl (C=O) groups is 1. The predicted molar refractivity (Wildman–Crippen MR) is 68.7 cm³/mol. The van der Waals surface area contributed by atoms with Gasteiger partial charge in [0.2, 0.25) is 0 Å². The van der Waals surface area contributed by atoms with Gasteiger partial charge in [0.25, 0.3) is 5.69 Å². The van der Waals surface area contributed by atoms with Crippen molar-refractivity contribution in [3.8, 4) is 5.75 Å². The molecular weight excluding hydrogens is 266 g/mol. The van der Waals surface area contributed by atoms with Crippen LogP contribution in [0.2, 0.25) is 0 Å². The van der Waals surface area contributed by atoms with Crippen molar-refractivity contribution in [2.45, 2.75) is 25.4 Å². The molecule has 0 N–H and O–H groups in total. The standard InChI is InChI=1S/C13H15NO6/c15-13(19-11-2-1-8-18-9-7-11)20-12-5-3-10(4-6-12)14(16)17/h3-6,11H,1-2,7-9H2/t11-/m0/s1. The van der Waals surface area contributed by atoms with Gasteiger partial charge in [-0.2, -0.15) is 0 Å². The third kappa shape index (κ3) is 4.20. The van der Waals surface area contributed by atoms with Crippen LogP contribution in [0, 0.1) is 10.1 Å². The fourth-order valence-electron chi connectivity index (χ4n) is 1.88. The fraction of sp³-hybridized carbons (Fsp3) is 0.462. The number of hydrogen-bond donors (Lipinski definition) is 0. The van der Waals surface area contributed by atoms with Gasteiger partial charge < -0.3 is 14.2 Å². The van der Waals surface area contributed by atoms with Crippen LogP contribution in [0.25, 0.3) is 0 Å². The molecule has 1 heterocycles. The Bertz CT molecular complexity index is 464. The summed E-state index contributed by atoms with van der Waals surface area (Å²) in [6.45, 7) is 1.24. The van der Waals surface area contributed by atoms with Crippen molar-refractivity contribution >= 4 is 11.8 Å². The van der Waals surface area contributed by atoms with Crippen LogP contribution in [0.5, 0.6) is 5.75 Å². The molecule has 1 aliphatic rings. The Morgan fingerprint density at radius 3 is 2.70 bits per heavy atom. The monoisotopic (exact) mass is 281 g/mol. The lowest BCUT2D eigenvalue weighted by Crippen LogP contribution is -2.21. The summed E-state index contributed by atoms with van der Waals surface area (Å²) >= 11 is 0. The smallest absolute Gasteiger partial charge is 0.431 e. The molecule has 0 spiro atoms. The third-order valence-electron chi connectivity index (χ3n) is 2.91. The van der Waals surface area contributed by atoms with Gasteiger partial charge in [-0.25, -0.2) is 4.79 Å². The van der Waals surface area contributed by atoms with E-state index in [0.29, 0.717) is 19.6 Å². The highest BCUT2D eigenvalue weighted by Crippen LogP contribution is 2.19. The van der Waals surface area contributed by atoms with Gasteiger partial charge in [0.1, 0.15) is 11.9 Å². The molecule has 0 bridgehead atoms. The molecule has 0 radical (unpaired) electrons. The normalized spacial score (nSPS) is 18.9. The summed E-state index contributed by atoms with van der Waals surface area (Å²) < 4.78 is 15.4. The quantitative estimate of drug-likeness (QED) is 0.366. The number of nitro benzene ring substituents is 1. The average molecular weight is 281 g/mol. The number of nitrogens with zero attached hydrogens (tertiary/aromatic N) is 1. The van der Waals surface area contributed by atoms with Crippen molar-refractivity contribution in [2.24, 2.45) is 0 Å². The molecule has 2 rings (SSSR count). The maximum atomic E-state index is 11.6. The molecule has 108 valence electrons. The van der Waals surface area contributed by atoms with Gasteiger partial charge in [-0.15, -0.1) is 0 Å². The Balaban J connectivity index is 1.85. The summed E-state index contributed by atoms with van der Waals surface area (Å²) in [5.41, 5.74) is -0.0633. The van der Waals surface area contributed by atoms with Crippen LogP contribution >= 0.6 is 0 Å². The molecule has 0 unspecified atom stereocenters. The molecule has 7 nitrogen and oxygen atoms in total. The molecule has 1 fully saturated rings. The number of rotatable bonds is 3. The summed E-state index contributed by atoms with van der Waals surface area (Å²) in [6.07, 6.45) is 1.23. The van der Waals surface area contributed by atoms with Crippen molar-refractivity contribution in [1.29, 1.82) is 0 Å². The van der Waals surface area contributed by atoms with Crippen molar-refractivity contribution < 1.29 is 23.9 Å². The average Bonchev–Trinajstić information content (AvgIpc) is 2.68. The molecule has 1 saturated heterocycles. The lowest BCUT2D eigenvalue weighted by Gasteiger charge is -2.14. The van der Waals surface area contributed by atoms with E-state index in [9.17, 15) is 14.9 Å². The first-order chi connectivity index (χ1) is 9.65. The number of carbonyl (C=O) groups excluding carboxylic acids is 1. The molecule has 0 aliphatic carbocycles. The topological polar surface area (TPSA) is 87.9 Å². The van der Waals surface area contributed by atoms with E-state index >= 15 is 0 Å². The predicted octanol–water partition coefficient (Wildman–Crippen LogP) is 2.68. The van der Waals surface area contributed by atoms with Crippen molar-refractivity contribution in [1.82, 2.24) is 0 Å². The number of nitro groups is 1. The van der Waals surface area contributed by atoms with Crippen LogP contribution in [-0.2, 0) is 9.47 Å². The maximum Gasteiger partial charge on any atom is 0.514 e. The third-order valence-corrected chi connectivity index (χ3v) is 2.91. The van der Waals surface area contributed by atoms with Crippen LogP contribution in [0.1, 0.15) is 19.3 Å². The van der Waals surface area contributed by atoms with Gasteiger partial charge in [-0.05, 0) is 25.0 Å². The Morgan fingerprint density at radius 1 is 1.25 bits per heavy atom. The molecule has 7 heteroatoms. The van der Waals surface area contributed by atoms with Crippen molar-refractivity contribution in [3.05, 3.63) is 34.4 Å². The highest BCUT2D eigenvalue weighted by atomic mass is 16.7. The zero-order chi connectivity index (χ0) is 14.4. The summed E-state index contributed by atoms with van der Waals surface area (Å²) in [5.74, 6) is 0.213. The number of ether oxygens (including phenoxy) is 3. The highest BCUT2D eigenvalue weighted by molar-refractivity contribution is 5.64. The lowest BCUT2D eigenvalue weighted by molar-refractivity contribution is -0.384. The van der Waals surface area contributed by atoms with Crippen LogP contribution in [0.15, 0.2) is 24.3 Å². The Labute approximate surface area is 115 Å². The maximum absolute atomic E-state index is 11.6. The van der Waals surface area contributed by atoms with Gasteiger partial charge in [-0.1, -0.05) is 0 Å². The van der Waals surface area contributed by atoms with E-state index in [0.717, 1.165) is 12.8 Å². The summed E-state index contributed by atoms with van der Waals surface area (Å²) in [7, 11) is 0. The molecule has 1 aliphatic heterocycles. The van der Waals surface area contributed by atoms with E-state index in [1.54, 1.807) is 0 Å². The van der Waals surface area contributed by atoms with Gasteiger partial charge in [0, 0.05) is 25.2 Å². The minimum absolute atomic E-state index is 0.0633. The van der Waals surface area contributed by atoms with Crippen LogP contribution in [-0.4, -0.2) is 30.4 Å². The molecule has 0 saturated carbocycles. The first kappa shape index (κ1) is 14.3. The number of non-ortho nitro benzene ring substituents is 1. The summed E-state index contributed by atoms with van der Waals surface area (Å²) in [4.78, 5) is 21.6. The van der Waals surface area contributed by atoms with E-state index in [1.165, 1.54) is 24.3 Å². The minimum atomic E-state index is -0.800. The van der Waals surface area contributed by atoms with Gasteiger partial charge in [-0.3, -0.25) is 10.1 Å². The Morgan fingerprint density at radius 2 is 2.00 bits per heavy atom. The first-order valence-electron chi connectivity index (χ1n) is 6.36. The first-order valence-corrected chi connectivity index (χ1v) is 6.36. The molecule has 20 heavy (non-hydrogen) atoms. The zero-order valence-electron chi connectivity index (χ0n) is 10.8. The molecule has 0 aromatic heterocycles. The second kappa shape index (κ2) is 6.85. The van der Waals surface area contributed by atoms with E-state index in [2.05, 4.69) is 0 Å². The van der Waals surface area contributed by atoms with Crippen LogP contribution in [0.4, 0.5) is 10.5 Å². The second-order valence-corrected chi connectivity index (χ2v) is 4.39. The van der Waals surface area contributed by atoms with E-state index in [4.69, 9.17) is 14.2 Å². The molecular formula is C13H15NO6. The molecule has 0 amide bonds. The molecule has 1 aromatic carbocycles. The summed E-state index contributed by atoms with van der Waals surface area (Å²) in [6, 6.07) is 5.25. The second-order valence-electron chi connectivity index (χ2n) is 4.39. The molecule has 1 atom stereocenters. The van der Waals surface area contributed by atoms with Crippen LogP contribution in [0.3, 0.4) is 0 Å². The fourth-order valence-corrected chi connectivity index (χ4v) is 1.88. The Kier molecular flexibility index (Phi) is 4.89. The van der Waals surface area contributed by atoms with E-state index in [-0.39, 0.29) is 17.5 Å². The SMILES string of the molecule is O=C(Oc1ccc([N+](=O)[O-])cc1)O[C@H]1CCCOCC1. The number of hydrogen-bond acceptors (Lipinski definition) is 6. The van der Waals surface area contributed by atoms with E-state index in [1.807, 2.05) is 0 Å². The minimum Gasteiger partial charge on any atom is -0.431 e. The highest BCUT2D eigenvalue weighted by Gasteiger charge is 2.18. The largest absolute Gasteiger partial charge is 0.514 e. The Hall–Kier alpha value is -2.15. The van der Waals surface area contributed by atoms with Crippen molar-refractivity contribution in [2.75, 3.05) is 13.2 Å². The summed E-state index contributed by atoms with van der Waals surface area (Å²) in [5, 5.41) is 10.5. The van der Waals surface area contributed by atoms with Crippen molar-refractivity contribution in [3.63, 3.8) is 0 Å². The zero-order valence-corrected chi connectivity index (χ0v) is 10.8. The van der Waals surface area contributed by atoms with Gasteiger partial charge in [0.15, 0.2) is 0 Å².